The molecule has 3 nitrogen and oxygen atoms in total. The van der Waals surface area contributed by atoms with Gasteiger partial charge >= 0.3 is 0 Å². The third-order valence-corrected chi connectivity index (χ3v) is 4.52. The van der Waals surface area contributed by atoms with Crippen molar-refractivity contribution in [2.45, 2.75) is 55.6 Å². The van der Waals surface area contributed by atoms with Crippen LogP contribution in [-0.2, 0) is 0 Å². The summed E-state index contributed by atoms with van der Waals surface area (Å²) in [6, 6.07) is 2.45. The van der Waals surface area contributed by atoms with Gasteiger partial charge in [-0.2, -0.15) is 17.0 Å². The molecule has 0 spiro atoms. The fourth-order valence-electron chi connectivity index (χ4n) is 2.35. The zero-order valence-electron chi connectivity index (χ0n) is 10.2. The standard InChI is InChI=1S/C12H22N2OS/c1-3-14-12(9-13)6-4-5-11(7-12)16-10(2)8-15/h10-11,14-15H,3-8H2,1-2H3. The molecule has 0 aromatic heterocycles. The van der Waals surface area contributed by atoms with E-state index in [0.717, 1.165) is 25.8 Å². The lowest BCUT2D eigenvalue weighted by atomic mass is 9.82. The predicted molar refractivity (Wildman–Crippen MR) is 68.4 cm³/mol. The van der Waals surface area contributed by atoms with Crippen LogP contribution in [0.1, 0.15) is 39.5 Å². The van der Waals surface area contributed by atoms with Crippen LogP contribution in [0.4, 0.5) is 0 Å². The molecule has 0 bridgehead atoms. The molecule has 0 aromatic rings. The van der Waals surface area contributed by atoms with Gasteiger partial charge in [0, 0.05) is 10.5 Å². The summed E-state index contributed by atoms with van der Waals surface area (Å²) in [5.41, 5.74) is -0.320. The van der Waals surface area contributed by atoms with Gasteiger partial charge in [0.05, 0.1) is 12.7 Å². The van der Waals surface area contributed by atoms with Crippen molar-refractivity contribution < 1.29 is 5.11 Å². The van der Waals surface area contributed by atoms with Crippen LogP contribution in [0, 0.1) is 11.3 Å². The van der Waals surface area contributed by atoms with Crippen LogP contribution in [0.25, 0.3) is 0 Å². The summed E-state index contributed by atoms with van der Waals surface area (Å²) in [5, 5.41) is 22.5. The van der Waals surface area contributed by atoms with Crippen LogP contribution in [-0.4, -0.2) is 34.3 Å². The van der Waals surface area contributed by atoms with E-state index in [9.17, 15) is 5.26 Å². The number of nitrogens with zero attached hydrogens (tertiary/aromatic N) is 1. The minimum atomic E-state index is -0.320. The van der Waals surface area contributed by atoms with Crippen molar-refractivity contribution in [1.29, 1.82) is 5.26 Å². The molecule has 1 rings (SSSR count). The summed E-state index contributed by atoms with van der Waals surface area (Å²) in [7, 11) is 0. The Labute approximate surface area is 103 Å². The fraction of sp³-hybridized carbons (Fsp3) is 0.917. The smallest absolute Gasteiger partial charge is 0.107 e. The quantitative estimate of drug-likeness (QED) is 0.773. The van der Waals surface area contributed by atoms with E-state index in [0.29, 0.717) is 5.25 Å². The Bertz CT molecular complexity index is 250. The zero-order chi connectivity index (χ0) is 12.0. The van der Waals surface area contributed by atoms with E-state index in [2.05, 4.69) is 11.4 Å². The highest BCUT2D eigenvalue weighted by atomic mass is 32.2. The number of rotatable bonds is 5. The first-order valence-corrected chi connectivity index (χ1v) is 7.02. The van der Waals surface area contributed by atoms with Gasteiger partial charge in [-0.3, -0.25) is 5.32 Å². The first-order chi connectivity index (χ1) is 7.65. The maximum Gasteiger partial charge on any atom is 0.107 e. The normalized spacial score (nSPS) is 32.0. The summed E-state index contributed by atoms with van der Waals surface area (Å²) in [6.07, 6.45) is 4.15. The van der Waals surface area contributed by atoms with Crippen LogP contribution >= 0.6 is 11.8 Å². The molecule has 3 atom stereocenters. The predicted octanol–water partition coefficient (Wildman–Crippen LogP) is 1.91. The molecule has 3 unspecified atom stereocenters. The second-order valence-corrected chi connectivity index (χ2v) is 6.32. The van der Waals surface area contributed by atoms with Gasteiger partial charge in [0.2, 0.25) is 0 Å². The Balaban J connectivity index is 2.55. The lowest BCUT2D eigenvalue weighted by Gasteiger charge is -2.36. The average molecular weight is 242 g/mol. The lowest BCUT2D eigenvalue weighted by molar-refractivity contribution is 0.294. The molecule has 0 aromatic carbocycles. The second kappa shape index (κ2) is 6.48. The largest absolute Gasteiger partial charge is 0.395 e. The average Bonchev–Trinajstić information content (AvgIpc) is 2.29. The molecule has 2 N–H and O–H groups in total. The van der Waals surface area contributed by atoms with E-state index in [4.69, 9.17) is 5.11 Å². The monoisotopic (exact) mass is 242 g/mol. The fourth-order valence-corrected chi connectivity index (χ4v) is 3.78. The highest BCUT2D eigenvalue weighted by Crippen LogP contribution is 2.36. The molecule has 1 saturated carbocycles. The Hall–Kier alpha value is -0.240. The Kier molecular flexibility index (Phi) is 5.60. The molecule has 0 saturated heterocycles. The van der Waals surface area contributed by atoms with Crippen LogP contribution < -0.4 is 5.32 Å². The number of aliphatic hydroxyl groups excluding tert-OH is 1. The number of nitrogens with one attached hydrogen (secondary N) is 1. The summed E-state index contributed by atoms with van der Waals surface area (Å²) in [6.45, 7) is 5.16. The van der Waals surface area contributed by atoms with Crippen molar-refractivity contribution in [3.63, 3.8) is 0 Å². The molecule has 4 heteroatoms. The van der Waals surface area contributed by atoms with Crippen molar-refractivity contribution in [2.75, 3.05) is 13.2 Å². The maximum atomic E-state index is 9.31. The van der Waals surface area contributed by atoms with Crippen molar-refractivity contribution in [3.8, 4) is 6.07 Å². The van der Waals surface area contributed by atoms with Gasteiger partial charge in [0.25, 0.3) is 0 Å². The van der Waals surface area contributed by atoms with Crippen molar-refractivity contribution in [2.24, 2.45) is 0 Å². The SMILES string of the molecule is CCNC1(C#N)CCCC(SC(C)CO)C1. The third-order valence-electron chi connectivity index (χ3n) is 3.12. The van der Waals surface area contributed by atoms with Gasteiger partial charge < -0.3 is 5.11 Å². The molecule has 1 aliphatic carbocycles. The molecule has 0 amide bonds. The van der Waals surface area contributed by atoms with Gasteiger partial charge in [-0.25, -0.2) is 0 Å². The Morgan fingerprint density at radius 1 is 1.69 bits per heavy atom. The van der Waals surface area contributed by atoms with E-state index >= 15 is 0 Å². The van der Waals surface area contributed by atoms with E-state index in [-0.39, 0.29) is 17.4 Å². The Morgan fingerprint density at radius 3 is 3.00 bits per heavy atom. The molecule has 92 valence electrons. The minimum absolute atomic E-state index is 0.224. The molecule has 0 radical (unpaired) electrons. The van der Waals surface area contributed by atoms with Gasteiger partial charge in [0.1, 0.15) is 5.54 Å². The van der Waals surface area contributed by atoms with Gasteiger partial charge in [0.15, 0.2) is 0 Å². The molecular formula is C12H22N2OS. The number of hydrogen-bond acceptors (Lipinski definition) is 4. The number of aliphatic hydroxyl groups is 1. The van der Waals surface area contributed by atoms with Gasteiger partial charge in [-0.15, -0.1) is 0 Å². The Morgan fingerprint density at radius 2 is 2.44 bits per heavy atom. The van der Waals surface area contributed by atoms with Crippen LogP contribution in [0.2, 0.25) is 0 Å². The molecule has 0 aliphatic heterocycles. The van der Waals surface area contributed by atoms with E-state index in [1.807, 2.05) is 25.6 Å². The third kappa shape index (κ3) is 3.65. The molecule has 16 heavy (non-hydrogen) atoms. The second-order valence-electron chi connectivity index (χ2n) is 4.57. The first-order valence-electron chi connectivity index (χ1n) is 6.08. The summed E-state index contributed by atoms with van der Waals surface area (Å²) < 4.78 is 0. The van der Waals surface area contributed by atoms with Crippen LogP contribution in [0.5, 0.6) is 0 Å². The topological polar surface area (TPSA) is 56.0 Å². The molecule has 0 heterocycles. The molecule has 1 aliphatic rings. The highest BCUT2D eigenvalue weighted by molar-refractivity contribution is 8.00. The van der Waals surface area contributed by atoms with Crippen LogP contribution in [0.3, 0.4) is 0 Å². The summed E-state index contributed by atoms with van der Waals surface area (Å²) in [4.78, 5) is 0. The minimum Gasteiger partial charge on any atom is -0.395 e. The lowest BCUT2D eigenvalue weighted by Crippen LogP contribution is -2.48. The van der Waals surface area contributed by atoms with Crippen molar-refractivity contribution in [1.82, 2.24) is 5.32 Å². The van der Waals surface area contributed by atoms with Gasteiger partial charge in [-0.05, 0) is 32.2 Å². The number of nitriles is 1. The molecular weight excluding hydrogens is 220 g/mol. The number of hydrogen-bond donors (Lipinski definition) is 2. The van der Waals surface area contributed by atoms with E-state index in [1.54, 1.807) is 0 Å². The van der Waals surface area contributed by atoms with E-state index in [1.165, 1.54) is 6.42 Å². The highest BCUT2D eigenvalue weighted by Gasteiger charge is 2.36. The summed E-state index contributed by atoms with van der Waals surface area (Å²) in [5.74, 6) is 0. The maximum absolute atomic E-state index is 9.31. The number of thioether (sulfide) groups is 1. The van der Waals surface area contributed by atoms with Crippen LogP contribution in [0.15, 0.2) is 0 Å². The van der Waals surface area contributed by atoms with E-state index < -0.39 is 0 Å². The molecule has 1 fully saturated rings. The van der Waals surface area contributed by atoms with Crippen molar-refractivity contribution in [3.05, 3.63) is 0 Å². The zero-order valence-corrected chi connectivity index (χ0v) is 11.0. The summed E-state index contributed by atoms with van der Waals surface area (Å²) >= 11 is 1.82. The van der Waals surface area contributed by atoms with Crippen molar-refractivity contribution >= 4 is 11.8 Å². The first kappa shape index (κ1) is 13.8. The van der Waals surface area contributed by atoms with Gasteiger partial charge in [-0.1, -0.05) is 13.8 Å².